The van der Waals surface area contributed by atoms with Crippen molar-refractivity contribution in [3.8, 4) is 5.75 Å². The average Bonchev–Trinajstić information content (AvgIpc) is 2.80. The smallest absolute Gasteiger partial charge is 0.140 e. The Labute approximate surface area is 123 Å². The molecule has 0 radical (unpaired) electrons. The number of rotatable bonds is 3. The molecule has 0 aliphatic carbocycles. The Morgan fingerprint density at radius 3 is 2.67 bits per heavy atom. The molecule has 4 heteroatoms. The second-order valence-electron chi connectivity index (χ2n) is 3.79. The first-order chi connectivity index (χ1) is 8.83. The molecule has 0 bridgehead atoms. The van der Waals surface area contributed by atoms with E-state index in [0.717, 1.165) is 19.8 Å². The van der Waals surface area contributed by atoms with E-state index >= 15 is 0 Å². The van der Waals surface area contributed by atoms with Gasteiger partial charge in [-0.1, -0.05) is 24.3 Å². The van der Waals surface area contributed by atoms with Crippen LogP contribution in [0, 0.1) is 3.57 Å². The molecule has 2 nitrogen and oxygen atoms in total. The van der Waals surface area contributed by atoms with Crippen molar-refractivity contribution < 1.29 is 4.74 Å². The van der Waals surface area contributed by atoms with E-state index in [4.69, 9.17) is 4.74 Å². The molecule has 90 valence electrons. The largest absolute Gasteiger partial charge is 0.485 e. The van der Waals surface area contributed by atoms with Crippen LogP contribution >= 0.6 is 33.9 Å². The predicted molar refractivity (Wildman–Crippen MR) is 83.1 cm³/mol. The van der Waals surface area contributed by atoms with E-state index in [9.17, 15) is 0 Å². The Morgan fingerprint density at radius 1 is 1.06 bits per heavy atom. The van der Waals surface area contributed by atoms with Gasteiger partial charge in [-0.2, -0.15) is 0 Å². The molecule has 1 aromatic heterocycles. The van der Waals surface area contributed by atoms with E-state index in [1.807, 2.05) is 42.5 Å². The summed E-state index contributed by atoms with van der Waals surface area (Å²) in [4.78, 5) is 4.55. The van der Waals surface area contributed by atoms with Gasteiger partial charge in [-0.3, -0.25) is 0 Å². The number of aromatic nitrogens is 1. The van der Waals surface area contributed by atoms with Crippen LogP contribution in [-0.4, -0.2) is 4.98 Å². The maximum Gasteiger partial charge on any atom is 0.140 e. The number of benzene rings is 2. The van der Waals surface area contributed by atoms with Crippen LogP contribution in [0.15, 0.2) is 48.5 Å². The molecule has 3 rings (SSSR count). The van der Waals surface area contributed by atoms with Crippen LogP contribution in [0.4, 0.5) is 0 Å². The third kappa shape index (κ3) is 2.49. The first kappa shape index (κ1) is 11.9. The summed E-state index contributed by atoms with van der Waals surface area (Å²) in [6, 6.07) is 16.2. The molecule has 0 fully saturated rings. The van der Waals surface area contributed by atoms with Crippen LogP contribution in [-0.2, 0) is 6.61 Å². The van der Waals surface area contributed by atoms with Crippen molar-refractivity contribution in [2.75, 3.05) is 0 Å². The Hall–Kier alpha value is -1.14. The van der Waals surface area contributed by atoms with Crippen LogP contribution in [0.5, 0.6) is 5.75 Å². The fourth-order valence-electron chi connectivity index (χ4n) is 1.68. The molecule has 3 aromatic rings. The van der Waals surface area contributed by atoms with Gasteiger partial charge in [0.05, 0.1) is 13.8 Å². The maximum atomic E-state index is 5.79. The summed E-state index contributed by atoms with van der Waals surface area (Å²) in [5.74, 6) is 0.914. The van der Waals surface area contributed by atoms with Crippen LogP contribution in [0.3, 0.4) is 0 Å². The third-order valence-corrected chi connectivity index (χ3v) is 4.43. The molecule has 0 saturated carbocycles. The Morgan fingerprint density at radius 2 is 1.83 bits per heavy atom. The second kappa shape index (κ2) is 5.24. The van der Waals surface area contributed by atoms with Gasteiger partial charge < -0.3 is 4.74 Å². The van der Waals surface area contributed by atoms with Gasteiger partial charge in [0.1, 0.15) is 17.4 Å². The number of fused-ring (bicyclic) bond motifs is 1. The van der Waals surface area contributed by atoms with Crippen LogP contribution in [0.2, 0.25) is 0 Å². The molecular weight excluding hydrogens is 357 g/mol. The number of hydrogen-bond acceptors (Lipinski definition) is 3. The highest BCUT2D eigenvalue weighted by molar-refractivity contribution is 14.1. The highest BCUT2D eigenvalue weighted by Crippen LogP contribution is 2.24. The molecule has 0 aliphatic rings. The molecule has 0 atom stereocenters. The normalized spacial score (nSPS) is 10.7. The lowest BCUT2D eigenvalue weighted by Gasteiger charge is -2.05. The number of hydrogen-bond donors (Lipinski definition) is 0. The first-order valence-corrected chi connectivity index (χ1v) is 7.44. The molecule has 2 aromatic carbocycles. The summed E-state index contributed by atoms with van der Waals surface area (Å²) in [7, 11) is 0. The average molecular weight is 367 g/mol. The zero-order chi connectivity index (χ0) is 12.4. The highest BCUT2D eigenvalue weighted by Gasteiger charge is 2.05. The lowest BCUT2D eigenvalue weighted by Crippen LogP contribution is -1.95. The van der Waals surface area contributed by atoms with E-state index in [2.05, 4.69) is 33.6 Å². The van der Waals surface area contributed by atoms with Gasteiger partial charge in [-0.05, 0) is 46.9 Å². The van der Waals surface area contributed by atoms with Gasteiger partial charge >= 0.3 is 0 Å². The van der Waals surface area contributed by atoms with Crippen molar-refractivity contribution in [2.24, 2.45) is 0 Å². The second-order valence-corrected chi connectivity index (χ2v) is 6.07. The predicted octanol–water partition coefficient (Wildman–Crippen LogP) is 4.48. The van der Waals surface area contributed by atoms with Gasteiger partial charge in [-0.25, -0.2) is 4.98 Å². The Balaban J connectivity index is 1.79. The minimum atomic E-state index is 0.527. The molecule has 0 spiro atoms. The molecule has 0 N–H and O–H groups in total. The molecule has 0 amide bonds. The summed E-state index contributed by atoms with van der Waals surface area (Å²) >= 11 is 3.96. The Bertz CT molecular complexity index is 647. The van der Waals surface area contributed by atoms with Crippen LogP contribution in [0.25, 0.3) is 10.2 Å². The summed E-state index contributed by atoms with van der Waals surface area (Å²) in [6.45, 7) is 0.527. The van der Waals surface area contributed by atoms with Crippen LogP contribution < -0.4 is 4.74 Å². The van der Waals surface area contributed by atoms with Crippen molar-refractivity contribution in [1.29, 1.82) is 0 Å². The van der Waals surface area contributed by atoms with Gasteiger partial charge in [0.2, 0.25) is 0 Å². The number of ether oxygens (including phenoxy) is 1. The molecular formula is C14H10INOS. The molecule has 0 saturated heterocycles. The van der Waals surface area contributed by atoms with Crippen molar-refractivity contribution in [2.45, 2.75) is 6.61 Å². The summed E-state index contributed by atoms with van der Waals surface area (Å²) in [5, 5.41) is 1.01. The minimum absolute atomic E-state index is 0.527. The van der Waals surface area contributed by atoms with Gasteiger partial charge in [0, 0.05) is 0 Å². The zero-order valence-electron chi connectivity index (χ0n) is 9.47. The quantitative estimate of drug-likeness (QED) is 0.637. The lowest BCUT2D eigenvalue weighted by molar-refractivity contribution is 0.303. The lowest BCUT2D eigenvalue weighted by atomic mass is 10.3. The number of nitrogens with zero attached hydrogens (tertiary/aromatic N) is 1. The molecule has 0 unspecified atom stereocenters. The van der Waals surface area contributed by atoms with E-state index in [-0.39, 0.29) is 0 Å². The SMILES string of the molecule is Ic1ccccc1OCc1nc2ccccc2s1. The Kier molecular flexibility index (Phi) is 3.47. The fraction of sp³-hybridized carbons (Fsp3) is 0.0714. The topological polar surface area (TPSA) is 22.1 Å². The molecule has 0 aliphatic heterocycles. The first-order valence-electron chi connectivity index (χ1n) is 5.55. The van der Waals surface area contributed by atoms with Crippen molar-refractivity contribution in [1.82, 2.24) is 4.98 Å². The van der Waals surface area contributed by atoms with Crippen LogP contribution in [0.1, 0.15) is 5.01 Å². The fourth-order valence-corrected chi connectivity index (χ4v) is 3.11. The van der Waals surface area contributed by atoms with Gasteiger partial charge in [-0.15, -0.1) is 11.3 Å². The molecule has 18 heavy (non-hydrogen) atoms. The van der Waals surface area contributed by atoms with Gasteiger partial charge in [0.25, 0.3) is 0 Å². The summed E-state index contributed by atoms with van der Waals surface area (Å²) < 4.78 is 8.12. The standard InChI is InChI=1S/C14H10INOS/c15-10-5-1-3-7-12(10)17-9-14-16-11-6-2-4-8-13(11)18-14/h1-8H,9H2. The van der Waals surface area contributed by atoms with E-state index < -0.39 is 0 Å². The third-order valence-electron chi connectivity index (χ3n) is 2.53. The number of thiazole rings is 1. The minimum Gasteiger partial charge on any atom is -0.485 e. The van der Waals surface area contributed by atoms with E-state index in [0.29, 0.717) is 6.61 Å². The van der Waals surface area contributed by atoms with E-state index in [1.165, 1.54) is 4.70 Å². The monoisotopic (exact) mass is 367 g/mol. The highest BCUT2D eigenvalue weighted by atomic mass is 127. The number of halogens is 1. The van der Waals surface area contributed by atoms with Gasteiger partial charge in [0.15, 0.2) is 0 Å². The number of para-hydroxylation sites is 2. The summed E-state index contributed by atoms with van der Waals surface area (Å²) in [5.41, 5.74) is 1.05. The van der Waals surface area contributed by atoms with Crippen molar-refractivity contribution in [3.05, 3.63) is 57.1 Å². The zero-order valence-corrected chi connectivity index (χ0v) is 12.4. The summed E-state index contributed by atoms with van der Waals surface area (Å²) in [6.07, 6.45) is 0. The van der Waals surface area contributed by atoms with Crippen molar-refractivity contribution in [3.63, 3.8) is 0 Å². The van der Waals surface area contributed by atoms with E-state index in [1.54, 1.807) is 11.3 Å². The maximum absolute atomic E-state index is 5.79. The van der Waals surface area contributed by atoms with Crippen molar-refractivity contribution >= 4 is 44.1 Å². The molecule has 1 heterocycles.